The maximum atomic E-state index is 14.4. The van der Waals surface area contributed by atoms with Crippen molar-refractivity contribution in [2.75, 3.05) is 20.1 Å². The third-order valence-corrected chi connectivity index (χ3v) is 15.4. The number of likely N-dealkylation sites (N-methyl/N-ethyl adjacent to an activating group) is 1. The Bertz CT molecular complexity index is 2950. The van der Waals surface area contributed by atoms with E-state index in [0.717, 1.165) is 78.0 Å². The monoisotopic (exact) mass is 977 g/mol. The Morgan fingerprint density at radius 2 is 1.70 bits per heavy atom. The molecule has 0 saturated carbocycles. The molecule has 8 rings (SSSR count). The van der Waals surface area contributed by atoms with Crippen LogP contribution in [0.1, 0.15) is 102 Å². The van der Waals surface area contributed by atoms with E-state index < -0.39 is 18.1 Å². The van der Waals surface area contributed by atoms with Crippen molar-refractivity contribution in [1.29, 1.82) is 0 Å². The maximum absolute atomic E-state index is 14.4. The van der Waals surface area contributed by atoms with E-state index in [0.29, 0.717) is 31.1 Å². The molecule has 0 radical (unpaired) electrons. The van der Waals surface area contributed by atoms with Crippen molar-refractivity contribution in [2.24, 2.45) is 10.9 Å². The van der Waals surface area contributed by atoms with E-state index in [1.54, 1.807) is 33.6 Å². The lowest BCUT2D eigenvalue weighted by atomic mass is 9.99. The number of nitrogens with one attached hydrogen (secondary N) is 2. The molecule has 3 amide bonds. The SMILES string of the molecule is C=C/C(=C\N(C)C(C(=O)N1CCC[C@H]1C(=O)NCc1ccc(-c2scnc2C)cc1)C(C)C)c1cccc(O[C@H](C)CNC(=O)C[C@@H]2N=C(c3ccc(C)cc3)c3c(sc(C)c3C)-n3c(C)nnc32)c1. The van der Waals surface area contributed by atoms with Gasteiger partial charge in [0.25, 0.3) is 0 Å². The molecule has 0 spiro atoms. The smallest absolute Gasteiger partial charge is 0.246 e. The van der Waals surface area contributed by atoms with E-state index in [9.17, 15) is 14.4 Å². The van der Waals surface area contributed by atoms with E-state index in [1.807, 2.05) is 94.7 Å². The van der Waals surface area contributed by atoms with Crippen molar-refractivity contribution in [3.05, 3.63) is 153 Å². The van der Waals surface area contributed by atoms with Crippen molar-refractivity contribution in [3.8, 4) is 21.2 Å². The molecule has 13 nitrogen and oxygen atoms in total. The van der Waals surface area contributed by atoms with Gasteiger partial charge in [-0.3, -0.25) is 23.9 Å². The lowest BCUT2D eigenvalue weighted by molar-refractivity contribution is -0.142. The van der Waals surface area contributed by atoms with Gasteiger partial charge in [-0.25, -0.2) is 4.98 Å². The van der Waals surface area contributed by atoms with Crippen LogP contribution in [0.3, 0.4) is 0 Å². The summed E-state index contributed by atoms with van der Waals surface area (Å²) in [6, 6.07) is 22.6. The van der Waals surface area contributed by atoms with Crippen molar-refractivity contribution >= 4 is 51.7 Å². The lowest BCUT2D eigenvalue weighted by Gasteiger charge is -2.35. The number of likely N-dealkylation sites (tertiary alicyclic amines) is 1. The number of amides is 3. The van der Waals surface area contributed by atoms with Gasteiger partial charge in [0, 0.05) is 42.3 Å². The van der Waals surface area contributed by atoms with E-state index in [-0.39, 0.29) is 42.7 Å². The van der Waals surface area contributed by atoms with Crippen molar-refractivity contribution in [2.45, 2.75) is 105 Å². The molecule has 0 bridgehead atoms. The first-order valence-corrected chi connectivity index (χ1v) is 25.7. The number of hydrogen-bond acceptors (Lipinski definition) is 11. The second-order valence-corrected chi connectivity index (χ2v) is 20.8. The molecular weight excluding hydrogens is 915 g/mol. The summed E-state index contributed by atoms with van der Waals surface area (Å²) in [5, 5.41) is 16.2. The van der Waals surface area contributed by atoms with Crippen molar-refractivity contribution < 1.29 is 19.1 Å². The first kappa shape index (κ1) is 49.7. The number of aryl methyl sites for hydroxylation is 4. The second-order valence-electron chi connectivity index (χ2n) is 18.7. The molecule has 5 heterocycles. The Hall–Kier alpha value is -6.71. The van der Waals surface area contributed by atoms with Crippen LogP contribution in [-0.2, 0) is 20.9 Å². The molecular formula is C55H63N9O4S2. The number of thiophene rings is 1. The van der Waals surface area contributed by atoms with Crippen LogP contribution in [0.5, 0.6) is 5.75 Å². The van der Waals surface area contributed by atoms with Crippen LogP contribution in [-0.4, -0.2) is 91.3 Å². The molecule has 15 heteroatoms. The van der Waals surface area contributed by atoms with Gasteiger partial charge in [0.15, 0.2) is 5.82 Å². The molecule has 0 aliphatic carbocycles. The zero-order chi connectivity index (χ0) is 49.8. The number of benzene rings is 3. The molecule has 3 aromatic heterocycles. The summed E-state index contributed by atoms with van der Waals surface area (Å²) in [5.74, 6) is 1.56. The predicted octanol–water partition coefficient (Wildman–Crippen LogP) is 9.65. The molecule has 364 valence electrons. The van der Waals surface area contributed by atoms with Crippen LogP contribution in [0.25, 0.3) is 21.0 Å². The Kier molecular flexibility index (Phi) is 15.3. The number of nitrogens with zero attached hydrogens (tertiary/aromatic N) is 7. The third kappa shape index (κ3) is 10.7. The van der Waals surface area contributed by atoms with Gasteiger partial charge in [-0.1, -0.05) is 92.7 Å². The highest BCUT2D eigenvalue weighted by atomic mass is 32.1. The highest BCUT2D eigenvalue weighted by Crippen LogP contribution is 2.40. The fourth-order valence-electron chi connectivity index (χ4n) is 9.37. The van der Waals surface area contributed by atoms with Gasteiger partial charge < -0.3 is 25.2 Å². The number of carbonyl (C=O) groups is 3. The van der Waals surface area contributed by atoms with Crippen LogP contribution in [0, 0.1) is 40.5 Å². The number of hydrogen-bond donors (Lipinski definition) is 2. The third-order valence-electron chi connectivity index (χ3n) is 13.2. The normalized spacial score (nSPS) is 16.5. The van der Waals surface area contributed by atoms with E-state index in [4.69, 9.17) is 9.73 Å². The van der Waals surface area contributed by atoms with Crippen LogP contribution in [0.15, 0.2) is 102 Å². The largest absolute Gasteiger partial charge is 0.489 e. The molecule has 1 fully saturated rings. The van der Waals surface area contributed by atoms with Crippen LogP contribution in [0.4, 0.5) is 0 Å². The number of allylic oxidation sites excluding steroid dienone is 2. The molecule has 70 heavy (non-hydrogen) atoms. The molecule has 1 saturated heterocycles. The minimum absolute atomic E-state index is 0.0512. The predicted molar refractivity (Wildman–Crippen MR) is 281 cm³/mol. The fraction of sp³-hybridized carbons (Fsp3) is 0.364. The highest BCUT2D eigenvalue weighted by Gasteiger charge is 2.39. The standard InChI is InChI=1S/C55H63N9O4S2/c1-11-40(30-62(10)50(32(2)3)54(67)63-25-13-16-46(63)53(66)57-29-39-19-23-42(24-20-39)51-36(7)58-31-69-51)43-14-12-15-44(26-43)68-34(5)28-56-47(65)27-45-52-61-60-38(9)64(52)55-48(35(6)37(8)70-55)49(59-45)41-21-17-33(4)18-22-41/h11-12,14-15,17-24,26,30-32,34,45-46,50H,1,13,16,25,27-29H2,2-10H3,(H,56,65)(H,57,66)/b40-30+/t34-,45+,46+,50?/m1/s1. The number of carbonyl (C=O) groups excluding carboxylic acids is 3. The summed E-state index contributed by atoms with van der Waals surface area (Å²) in [7, 11) is 1.90. The van der Waals surface area contributed by atoms with Crippen LogP contribution < -0.4 is 15.4 Å². The number of aromatic nitrogens is 4. The van der Waals surface area contributed by atoms with Crippen molar-refractivity contribution in [3.63, 3.8) is 0 Å². The van der Waals surface area contributed by atoms with Gasteiger partial charge in [-0.05, 0) is 100 Å². The molecule has 1 unspecified atom stereocenters. The zero-order valence-electron chi connectivity index (χ0n) is 41.6. The number of thiazole rings is 1. The maximum Gasteiger partial charge on any atom is 0.246 e. The highest BCUT2D eigenvalue weighted by molar-refractivity contribution is 7.15. The Morgan fingerprint density at radius 3 is 2.40 bits per heavy atom. The van der Waals surface area contributed by atoms with Gasteiger partial charge in [-0.2, -0.15) is 0 Å². The summed E-state index contributed by atoms with van der Waals surface area (Å²) < 4.78 is 8.43. The van der Waals surface area contributed by atoms with Gasteiger partial charge in [0.05, 0.1) is 34.8 Å². The first-order chi connectivity index (χ1) is 33.6. The quantitative estimate of drug-likeness (QED) is 0.0860. The summed E-state index contributed by atoms with van der Waals surface area (Å²) in [6.07, 6.45) is 4.79. The molecule has 2 aliphatic rings. The minimum Gasteiger partial charge on any atom is -0.489 e. The molecule has 2 N–H and O–H groups in total. The van der Waals surface area contributed by atoms with Gasteiger partial charge in [0.1, 0.15) is 40.8 Å². The molecule has 4 atom stereocenters. The van der Waals surface area contributed by atoms with E-state index in [1.165, 1.54) is 4.88 Å². The minimum atomic E-state index is -0.562. The van der Waals surface area contributed by atoms with Gasteiger partial charge in [0.2, 0.25) is 17.7 Å². The summed E-state index contributed by atoms with van der Waals surface area (Å²) in [4.78, 5) is 57.4. The van der Waals surface area contributed by atoms with E-state index in [2.05, 4.69) is 94.1 Å². The fourth-order valence-corrected chi connectivity index (χ4v) is 11.4. The zero-order valence-corrected chi connectivity index (χ0v) is 43.2. The average Bonchev–Trinajstić information content (AvgIpc) is 4.14. The van der Waals surface area contributed by atoms with Gasteiger partial charge >= 0.3 is 0 Å². The second kappa shape index (κ2) is 21.5. The molecule has 6 aromatic rings. The molecule has 3 aromatic carbocycles. The number of fused-ring (bicyclic) bond motifs is 3. The summed E-state index contributed by atoms with van der Waals surface area (Å²) in [6.45, 7) is 21.5. The average molecular weight is 978 g/mol. The lowest BCUT2D eigenvalue weighted by Crippen LogP contribution is -2.53. The van der Waals surface area contributed by atoms with Crippen molar-refractivity contribution in [1.82, 2.24) is 40.2 Å². The van der Waals surface area contributed by atoms with Crippen LogP contribution >= 0.6 is 22.7 Å². The first-order valence-electron chi connectivity index (χ1n) is 24.0. The topological polar surface area (TPSA) is 147 Å². The summed E-state index contributed by atoms with van der Waals surface area (Å²) in [5.41, 5.74) is 11.8. The number of rotatable bonds is 17. The van der Waals surface area contributed by atoms with E-state index >= 15 is 0 Å². The van der Waals surface area contributed by atoms with Crippen LogP contribution in [0.2, 0.25) is 0 Å². The van der Waals surface area contributed by atoms with Gasteiger partial charge in [-0.15, -0.1) is 32.9 Å². The number of aliphatic imine (C=N–C) groups is 1. The Balaban J connectivity index is 0.893. The molecule has 2 aliphatic heterocycles. The Labute approximate surface area is 419 Å². The Morgan fingerprint density at radius 1 is 0.957 bits per heavy atom. The summed E-state index contributed by atoms with van der Waals surface area (Å²) >= 11 is 3.30. The number of ether oxygens (including phenoxy) is 1.